The molecule has 0 aromatic carbocycles. The molecule has 0 saturated carbocycles. The summed E-state index contributed by atoms with van der Waals surface area (Å²) in [6.07, 6.45) is 12.2. The quantitative estimate of drug-likeness (QED) is 0.495. The summed E-state index contributed by atoms with van der Waals surface area (Å²) in [7, 11) is 0. The first-order valence-electron chi connectivity index (χ1n) is 7.49. The van der Waals surface area contributed by atoms with Gasteiger partial charge in [-0.15, -0.1) is 0 Å². The molecule has 1 N–H and O–H groups in total. The second-order valence-corrected chi connectivity index (χ2v) is 5.12. The second kappa shape index (κ2) is 10.1. The Bertz CT molecular complexity index is 125. The summed E-state index contributed by atoms with van der Waals surface area (Å²) >= 11 is 0. The molecule has 0 heterocycles. The highest BCUT2D eigenvalue weighted by atomic mass is 15.0. The van der Waals surface area contributed by atoms with Gasteiger partial charge in [0.15, 0.2) is 0 Å². The molecule has 16 heavy (non-hydrogen) atoms. The van der Waals surface area contributed by atoms with Gasteiger partial charge in [-0.3, -0.25) is 0 Å². The standard InChI is InChI=1S/C15H33N/c1-5-9-10-11-14-15(12-6-2,13-7-3)16-8-4/h16H,5-14H2,1-4H3. The zero-order valence-corrected chi connectivity index (χ0v) is 12.1. The van der Waals surface area contributed by atoms with Gasteiger partial charge < -0.3 is 5.32 Å². The number of rotatable bonds is 11. The minimum atomic E-state index is 0.450. The van der Waals surface area contributed by atoms with Crippen LogP contribution >= 0.6 is 0 Å². The maximum Gasteiger partial charge on any atom is 0.0181 e. The van der Waals surface area contributed by atoms with Crippen LogP contribution in [0, 0.1) is 0 Å². The Morgan fingerprint density at radius 3 is 1.75 bits per heavy atom. The molecular weight excluding hydrogens is 194 g/mol. The molecule has 1 heteroatoms. The fourth-order valence-electron chi connectivity index (χ4n) is 2.86. The highest BCUT2D eigenvalue weighted by Crippen LogP contribution is 2.26. The normalized spacial score (nSPS) is 12.0. The Balaban J connectivity index is 4.12. The molecule has 0 fully saturated rings. The number of hydrogen-bond donors (Lipinski definition) is 1. The van der Waals surface area contributed by atoms with Gasteiger partial charge >= 0.3 is 0 Å². The van der Waals surface area contributed by atoms with Crippen molar-refractivity contribution in [2.75, 3.05) is 6.54 Å². The maximum absolute atomic E-state index is 3.77. The first kappa shape index (κ1) is 16.0. The van der Waals surface area contributed by atoms with Crippen LogP contribution in [0.1, 0.15) is 85.5 Å². The van der Waals surface area contributed by atoms with Crippen LogP contribution in [0.3, 0.4) is 0 Å². The zero-order chi connectivity index (χ0) is 12.3. The second-order valence-electron chi connectivity index (χ2n) is 5.12. The molecule has 0 aromatic rings. The Hall–Kier alpha value is -0.0400. The smallest absolute Gasteiger partial charge is 0.0181 e. The van der Waals surface area contributed by atoms with E-state index in [4.69, 9.17) is 0 Å². The van der Waals surface area contributed by atoms with E-state index >= 15 is 0 Å². The molecule has 0 saturated heterocycles. The van der Waals surface area contributed by atoms with Crippen molar-refractivity contribution in [3.63, 3.8) is 0 Å². The van der Waals surface area contributed by atoms with Gasteiger partial charge in [-0.1, -0.05) is 66.2 Å². The van der Waals surface area contributed by atoms with Crippen LogP contribution in [0.25, 0.3) is 0 Å². The Morgan fingerprint density at radius 1 is 0.688 bits per heavy atom. The van der Waals surface area contributed by atoms with E-state index in [0.717, 1.165) is 6.54 Å². The summed E-state index contributed by atoms with van der Waals surface area (Å²) in [4.78, 5) is 0. The lowest BCUT2D eigenvalue weighted by Crippen LogP contribution is -2.45. The lowest BCUT2D eigenvalue weighted by atomic mass is 9.83. The van der Waals surface area contributed by atoms with Crippen LogP contribution in [0.15, 0.2) is 0 Å². The summed E-state index contributed by atoms with van der Waals surface area (Å²) in [5, 5.41) is 3.77. The average molecular weight is 227 g/mol. The summed E-state index contributed by atoms with van der Waals surface area (Å²) in [5.74, 6) is 0. The molecule has 0 bridgehead atoms. The Labute approximate surface area is 103 Å². The van der Waals surface area contributed by atoms with Gasteiger partial charge in [0.05, 0.1) is 0 Å². The number of unbranched alkanes of at least 4 members (excludes halogenated alkanes) is 3. The van der Waals surface area contributed by atoms with Crippen molar-refractivity contribution >= 4 is 0 Å². The van der Waals surface area contributed by atoms with Gasteiger partial charge in [0.2, 0.25) is 0 Å². The topological polar surface area (TPSA) is 12.0 Å². The highest BCUT2D eigenvalue weighted by molar-refractivity contribution is 4.86. The molecule has 0 aliphatic carbocycles. The maximum atomic E-state index is 3.77. The molecule has 0 aromatic heterocycles. The molecule has 0 amide bonds. The van der Waals surface area contributed by atoms with Crippen LogP contribution in [-0.2, 0) is 0 Å². The number of hydrogen-bond acceptors (Lipinski definition) is 1. The van der Waals surface area contributed by atoms with Gasteiger partial charge in [-0.2, -0.15) is 0 Å². The summed E-state index contributed by atoms with van der Waals surface area (Å²) in [6.45, 7) is 10.3. The third-order valence-corrected chi connectivity index (χ3v) is 3.52. The molecule has 0 unspecified atom stereocenters. The van der Waals surface area contributed by atoms with Crippen molar-refractivity contribution < 1.29 is 0 Å². The third-order valence-electron chi connectivity index (χ3n) is 3.52. The first-order chi connectivity index (χ1) is 7.74. The van der Waals surface area contributed by atoms with E-state index in [1.165, 1.54) is 57.8 Å². The van der Waals surface area contributed by atoms with Crippen LogP contribution in [0.5, 0.6) is 0 Å². The van der Waals surface area contributed by atoms with E-state index in [1.807, 2.05) is 0 Å². The lowest BCUT2D eigenvalue weighted by molar-refractivity contribution is 0.252. The number of nitrogens with one attached hydrogen (secondary N) is 1. The van der Waals surface area contributed by atoms with Crippen molar-refractivity contribution in [2.45, 2.75) is 91.0 Å². The molecule has 1 nitrogen and oxygen atoms in total. The summed E-state index contributed by atoms with van der Waals surface area (Å²) < 4.78 is 0. The zero-order valence-electron chi connectivity index (χ0n) is 12.1. The van der Waals surface area contributed by atoms with Crippen LogP contribution < -0.4 is 5.32 Å². The largest absolute Gasteiger partial charge is 0.312 e. The van der Waals surface area contributed by atoms with Crippen molar-refractivity contribution in [1.82, 2.24) is 5.32 Å². The lowest BCUT2D eigenvalue weighted by Gasteiger charge is -2.35. The van der Waals surface area contributed by atoms with Gasteiger partial charge in [-0.05, 0) is 25.8 Å². The molecule has 0 rings (SSSR count). The molecule has 0 aliphatic rings. The fraction of sp³-hybridized carbons (Fsp3) is 1.00. The minimum absolute atomic E-state index is 0.450. The average Bonchev–Trinajstić information content (AvgIpc) is 2.26. The van der Waals surface area contributed by atoms with E-state index in [-0.39, 0.29) is 0 Å². The summed E-state index contributed by atoms with van der Waals surface area (Å²) in [5.41, 5.74) is 0.450. The predicted octanol–water partition coefficient (Wildman–Crippen LogP) is 4.91. The predicted molar refractivity (Wildman–Crippen MR) is 75.0 cm³/mol. The van der Waals surface area contributed by atoms with Gasteiger partial charge in [-0.25, -0.2) is 0 Å². The molecular formula is C15H33N. The monoisotopic (exact) mass is 227 g/mol. The van der Waals surface area contributed by atoms with Crippen LogP contribution in [0.4, 0.5) is 0 Å². The van der Waals surface area contributed by atoms with Gasteiger partial charge in [0, 0.05) is 5.54 Å². The SMILES string of the molecule is CCCCCCC(CCC)(CCC)NCC. The van der Waals surface area contributed by atoms with Gasteiger partial charge in [0.25, 0.3) is 0 Å². The van der Waals surface area contributed by atoms with E-state index in [2.05, 4.69) is 33.0 Å². The molecule has 0 radical (unpaired) electrons. The van der Waals surface area contributed by atoms with Crippen molar-refractivity contribution in [2.24, 2.45) is 0 Å². The van der Waals surface area contributed by atoms with E-state index in [0.29, 0.717) is 5.54 Å². The van der Waals surface area contributed by atoms with E-state index in [9.17, 15) is 0 Å². The minimum Gasteiger partial charge on any atom is -0.312 e. The Kier molecular flexibility index (Phi) is 10.1. The molecule has 0 atom stereocenters. The van der Waals surface area contributed by atoms with E-state index < -0.39 is 0 Å². The molecule has 0 aliphatic heterocycles. The van der Waals surface area contributed by atoms with Crippen LogP contribution in [-0.4, -0.2) is 12.1 Å². The van der Waals surface area contributed by atoms with Crippen LogP contribution in [0.2, 0.25) is 0 Å². The molecule has 98 valence electrons. The molecule has 0 spiro atoms. The summed E-state index contributed by atoms with van der Waals surface area (Å²) in [6, 6.07) is 0. The fourth-order valence-corrected chi connectivity index (χ4v) is 2.86. The van der Waals surface area contributed by atoms with Crippen molar-refractivity contribution in [1.29, 1.82) is 0 Å². The third kappa shape index (κ3) is 6.52. The van der Waals surface area contributed by atoms with E-state index in [1.54, 1.807) is 0 Å². The van der Waals surface area contributed by atoms with Crippen molar-refractivity contribution in [3.05, 3.63) is 0 Å². The Morgan fingerprint density at radius 2 is 1.31 bits per heavy atom. The van der Waals surface area contributed by atoms with Crippen molar-refractivity contribution in [3.8, 4) is 0 Å². The van der Waals surface area contributed by atoms with Gasteiger partial charge in [0.1, 0.15) is 0 Å². The highest BCUT2D eigenvalue weighted by Gasteiger charge is 2.25. The first-order valence-corrected chi connectivity index (χ1v) is 7.49.